The molecule has 0 aliphatic carbocycles. The number of hydrogen-bond acceptors (Lipinski definition) is 1. The van der Waals surface area contributed by atoms with Gasteiger partial charge in [0.05, 0.1) is 0 Å². The quantitative estimate of drug-likeness (QED) is 0.436. The summed E-state index contributed by atoms with van der Waals surface area (Å²) in [4.78, 5) is 0. The molecule has 0 amide bonds. The second kappa shape index (κ2) is 8.34. The molecule has 0 unspecified atom stereocenters. The molecule has 0 saturated heterocycles. The van der Waals surface area contributed by atoms with Gasteiger partial charge in [-0.2, -0.15) is 0 Å². The Labute approximate surface area is 156 Å². The van der Waals surface area contributed by atoms with E-state index in [2.05, 4.69) is 54.8 Å². The number of ether oxygens (including phenoxy) is 1. The summed E-state index contributed by atoms with van der Waals surface area (Å²) in [5, 5.41) is 0. The van der Waals surface area contributed by atoms with Crippen LogP contribution in [0.4, 0.5) is 0 Å². The largest absolute Gasteiger partial charge is 0.348 e. The molecule has 0 heterocycles. The Morgan fingerprint density at radius 3 is 1.50 bits per heavy atom. The molecule has 3 aromatic rings. The third-order valence-electron chi connectivity index (χ3n) is 4.20. The molecule has 1 heteroatoms. The van der Waals surface area contributed by atoms with Gasteiger partial charge in [0.2, 0.25) is 0 Å². The first kappa shape index (κ1) is 17.7. The Morgan fingerprint density at radius 2 is 1.15 bits per heavy atom. The van der Waals surface area contributed by atoms with Gasteiger partial charge in [-0.15, -0.1) is 0 Å². The van der Waals surface area contributed by atoms with Gasteiger partial charge in [-0.1, -0.05) is 109 Å². The second-order valence-electron chi connectivity index (χ2n) is 6.15. The molecule has 0 N–H and O–H groups in total. The van der Waals surface area contributed by atoms with Crippen molar-refractivity contribution in [2.45, 2.75) is 12.5 Å². The molecule has 0 bridgehead atoms. The maximum Gasteiger partial charge on any atom is 0.145 e. The van der Waals surface area contributed by atoms with E-state index in [-0.39, 0.29) is 0 Å². The lowest BCUT2D eigenvalue weighted by Gasteiger charge is -2.35. The van der Waals surface area contributed by atoms with Gasteiger partial charge in [0.25, 0.3) is 0 Å². The zero-order valence-electron chi connectivity index (χ0n) is 15.0. The topological polar surface area (TPSA) is 9.23 Å². The van der Waals surface area contributed by atoms with Crippen LogP contribution < -0.4 is 0 Å². The third kappa shape index (κ3) is 3.77. The highest BCUT2D eigenvalue weighted by molar-refractivity contribution is 5.47. The summed E-state index contributed by atoms with van der Waals surface area (Å²) in [5.74, 6) is 6.08. The van der Waals surface area contributed by atoms with Crippen molar-refractivity contribution in [3.63, 3.8) is 0 Å². The van der Waals surface area contributed by atoms with Crippen LogP contribution in [0.3, 0.4) is 0 Å². The smallest absolute Gasteiger partial charge is 0.145 e. The normalized spacial score (nSPS) is 10.7. The molecule has 1 nitrogen and oxygen atoms in total. The molecule has 0 aliphatic rings. The fraction of sp³-hybridized carbons (Fsp3) is 0.120. The average Bonchev–Trinajstić information content (AvgIpc) is 2.70. The van der Waals surface area contributed by atoms with E-state index in [4.69, 9.17) is 4.74 Å². The summed E-state index contributed by atoms with van der Waals surface area (Å²) in [6.45, 7) is 6.04. The van der Waals surface area contributed by atoms with Gasteiger partial charge in [-0.3, -0.25) is 0 Å². The van der Waals surface area contributed by atoms with Gasteiger partial charge in [-0.25, -0.2) is 0 Å². The van der Waals surface area contributed by atoms with Crippen molar-refractivity contribution < 1.29 is 4.74 Å². The standard InChI is InChI=1S/C25H22O/c1-21(2)13-12-20-26-25(22-14-6-3-7-15-22,23-16-8-4-9-17-23)24-18-10-5-11-19-24/h3-11,14-19H,1,20H2,2H3. The maximum absolute atomic E-state index is 6.52. The number of hydrogen-bond donors (Lipinski definition) is 0. The third-order valence-corrected chi connectivity index (χ3v) is 4.20. The Balaban J connectivity index is 2.18. The van der Waals surface area contributed by atoms with Crippen LogP contribution in [0.1, 0.15) is 23.6 Å². The van der Waals surface area contributed by atoms with E-state index >= 15 is 0 Å². The molecule has 0 radical (unpaired) electrons. The molecule has 3 aromatic carbocycles. The summed E-state index contributed by atoms with van der Waals surface area (Å²) in [7, 11) is 0. The Morgan fingerprint density at radius 1 is 0.769 bits per heavy atom. The van der Waals surface area contributed by atoms with E-state index in [1.54, 1.807) is 0 Å². The highest BCUT2D eigenvalue weighted by Crippen LogP contribution is 2.40. The van der Waals surface area contributed by atoms with Crippen molar-refractivity contribution in [2.75, 3.05) is 6.61 Å². The van der Waals surface area contributed by atoms with Crippen LogP contribution in [0.5, 0.6) is 0 Å². The molecular formula is C25H22O. The molecule has 0 atom stereocenters. The summed E-state index contributed by atoms with van der Waals surface area (Å²) in [6.07, 6.45) is 0. The molecule has 26 heavy (non-hydrogen) atoms. The molecule has 128 valence electrons. The predicted octanol–water partition coefficient (Wildman–Crippen LogP) is 5.57. The highest BCUT2D eigenvalue weighted by atomic mass is 16.5. The van der Waals surface area contributed by atoms with E-state index < -0.39 is 5.60 Å². The van der Waals surface area contributed by atoms with E-state index in [1.165, 1.54) is 0 Å². The van der Waals surface area contributed by atoms with Gasteiger partial charge in [0, 0.05) is 0 Å². The average molecular weight is 338 g/mol. The number of benzene rings is 3. The minimum atomic E-state index is -0.715. The first-order chi connectivity index (χ1) is 12.7. The van der Waals surface area contributed by atoms with Crippen LogP contribution in [0, 0.1) is 11.8 Å². The highest BCUT2D eigenvalue weighted by Gasteiger charge is 2.37. The van der Waals surface area contributed by atoms with Gasteiger partial charge in [0.1, 0.15) is 12.2 Å². The first-order valence-electron chi connectivity index (χ1n) is 8.68. The van der Waals surface area contributed by atoms with E-state index in [1.807, 2.05) is 61.5 Å². The zero-order valence-corrected chi connectivity index (χ0v) is 15.0. The molecule has 0 saturated carbocycles. The minimum Gasteiger partial charge on any atom is -0.348 e. The summed E-state index contributed by atoms with van der Waals surface area (Å²) in [5.41, 5.74) is 3.35. The molecule has 0 aromatic heterocycles. The number of rotatable bonds is 5. The Bertz CT molecular complexity index is 803. The molecule has 0 aliphatic heterocycles. The van der Waals surface area contributed by atoms with Crippen LogP contribution in [0.2, 0.25) is 0 Å². The van der Waals surface area contributed by atoms with E-state index in [0.29, 0.717) is 6.61 Å². The van der Waals surface area contributed by atoms with Gasteiger partial charge in [0.15, 0.2) is 0 Å². The lowest BCUT2D eigenvalue weighted by atomic mass is 9.80. The van der Waals surface area contributed by atoms with E-state index in [0.717, 1.165) is 22.3 Å². The molecule has 0 spiro atoms. The lowest BCUT2D eigenvalue weighted by Crippen LogP contribution is -2.33. The predicted molar refractivity (Wildman–Crippen MR) is 108 cm³/mol. The number of allylic oxidation sites excluding steroid dienone is 1. The fourth-order valence-electron chi connectivity index (χ4n) is 3.10. The molecular weight excluding hydrogens is 316 g/mol. The maximum atomic E-state index is 6.52. The minimum absolute atomic E-state index is 0.311. The SMILES string of the molecule is C=C(C)C#CCOC(c1ccccc1)(c1ccccc1)c1ccccc1. The molecule has 0 fully saturated rings. The molecule has 3 rings (SSSR count). The Hall–Kier alpha value is -3.08. The summed E-state index contributed by atoms with van der Waals surface area (Å²) < 4.78 is 6.52. The summed E-state index contributed by atoms with van der Waals surface area (Å²) in [6, 6.07) is 30.9. The van der Waals surface area contributed by atoms with Gasteiger partial charge < -0.3 is 4.74 Å². The zero-order chi connectivity index (χ0) is 18.2. The van der Waals surface area contributed by atoms with Gasteiger partial charge in [-0.05, 0) is 29.2 Å². The monoisotopic (exact) mass is 338 g/mol. The summed E-state index contributed by atoms with van der Waals surface area (Å²) >= 11 is 0. The van der Waals surface area contributed by atoms with Crippen LogP contribution in [-0.4, -0.2) is 6.61 Å². The van der Waals surface area contributed by atoms with Crippen LogP contribution in [-0.2, 0) is 10.3 Å². The van der Waals surface area contributed by atoms with Crippen molar-refractivity contribution in [2.24, 2.45) is 0 Å². The van der Waals surface area contributed by atoms with Crippen LogP contribution in [0.25, 0.3) is 0 Å². The second-order valence-corrected chi connectivity index (χ2v) is 6.15. The van der Waals surface area contributed by atoms with Gasteiger partial charge >= 0.3 is 0 Å². The van der Waals surface area contributed by atoms with E-state index in [9.17, 15) is 0 Å². The fourth-order valence-corrected chi connectivity index (χ4v) is 3.10. The van der Waals surface area contributed by atoms with Crippen molar-refractivity contribution in [3.8, 4) is 11.8 Å². The lowest BCUT2D eigenvalue weighted by molar-refractivity contribution is 0.0353. The van der Waals surface area contributed by atoms with Crippen LogP contribution >= 0.6 is 0 Å². The van der Waals surface area contributed by atoms with Crippen LogP contribution in [0.15, 0.2) is 103 Å². The van der Waals surface area contributed by atoms with Crippen molar-refractivity contribution in [1.82, 2.24) is 0 Å². The van der Waals surface area contributed by atoms with Crippen molar-refractivity contribution in [1.29, 1.82) is 0 Å². The Kier molecular flexibility index (Phi) is 5.69. The van der Waals surface area contributed by atoms with Crippen molar-refractivity contribution >= 4 is 0 Å². The first-order valence-corrected chi connectivity index (χ1v) is 8.68. The van der Waals surface area contributed by atoms with Crippen molar-refractivity contribution in [3.05, 3.63) is 120 Å².